The van der Waals surface area contributed by atoms with Gasteiger partial charge in [-0.15, -0.1) is 0 Å². The molecule has 96 valence electrons. The summed E-state index contributed by atoms with van der Waals surface area (Å²) >= 11 is 0. The van der Waals surface area contributed by atoms with Gasteiger partial charge in [0.25, 0.3) is 0 Å². The van der Waals surface area contributed by atoms with E-state index in [0.717, 1.165) is 37.0 Å². The first-order valence-electron chi connectivity index (χ1n) is 5.86. The molecule has 17 heavy (non-hydrogen) atoms. The van der Waals surface area contributed by atoms with Crippen molar-refractivity contribution in [2.45, 2.75) is 13.8 Å². The summed E-state index contributed by atoms with van der Waals surface area (Å²) in [6.45, 7) is 7.03. The van der Waals surface area contributed by atoms with Crippen molar-refractivity contribution in [3.8, 4) is 0 Å². The van der Waals surface area contributed by atoms with Gasteiger partial charge in [-0.1, -0.05) is 0 Å². The molecule has 0 unspecified atom stereocenters. The van der Waals surface area contributed by atoms with Crippen molar-refractivity contribution >= 4 is 5.82 Å². The molecule has 0 fully saturated rings. The van der Waals surface area contributed by atoms with Gasteiger partial charge in [0.1, 0.15) is 11.6 Å². The lowest BCUT2D eigenvalue weighted by Gasteiger charge is -2.10. The maximum Gasteiger partial charge on any atom is 0.129 e. The van der Waals surface area contributed by atoms with E-state index >= 15 is 0 Å². The molecule has 1 aromatic rings. The predicted octanol–water partition coefficient (Wildman–Crippen LogP) is 1.08. The van der Waals surface area contributed by atoms with E-state index in [1.807, 2.05) is 34.0 Å². The van der Waals surface area contributed by atoms with Crippen molar-refractivity contribution in [3.63, 3.8) is 0 Å². The summed E-state index contributed by atoms with van der Waals surface area (Å²) in [4.78, 5) is 10.6. The van der Waals surface area contributed by atoms with Crippen LogP contribution < -0.4 is 5.32 Å². The fourth-order valence-corrected chi connectivity index (χ4v) is 1.41. The highest BCUT2D eigenvalue weighted by atomic mass is 16.5. The molecule has 1 heterocycles. The van der Waals surface area contributed by atoms with Crippen LogP contribution in [0.15, 0.2) is 6.07 Å². The van der Waals surface area contributed by atoms with E-state index in [-0.39, 0.29) is 0 Å². The molecule has 0 amide bonds. The van der Waals surface area contributed by atoms with Crippen LogP contribution in [0.25, 0.3) is 0 Å². The first-order valence-corrected chi connectivity index (χ1v) is 5.86. The van der Waals surface area contributed by atoms with Gasteiger partial charge in [0.2, 0.25) is 0 Å². The van der Waals surface area contributed by atoms with Crippen molar-refractivity contribution in [1.29, 1.82) is 0 Å². The van der Waals surface area contributed by atoms with E-state index in [9.17, 15) is 0 Å². The predicted molar refractivity (Wildman–Crippen MR) is 69.4 cm³/mol. The summed E-state index contributed by atoms with van der Waals surface area (Å²) in [6.07, 6.45) is 0. The molecule has 0 spiro atoms. The van der Waals surface area contributed by atoms with E-state index in [0.29, 0.717) is 6.61 Å². The normalized spacial score (nSPS) is 10.9. The van der Waals surface area contributed by atoms with Gasteiger partial charge in [0.15, 0.2) is 0 Å². The van der Waals surface area contributed by atoms with Crippen LogP contribution in [-0.4, -0.2) is 55.3 Å². The van der Waals surface area contributed by atoms with Crippen LogP contribution in [0.4, 0.5) is 5.82 Å². The average molecular weight is 238 g/mol. The highest BCUT2D eigenvalue weighted by Crippen LogP contribution is 2.04. The summed E-state index contributed by atoms with van der Waals surface area (Å²) in [6, 6.07) is 1.94. The topological polar surface area (TPSA) is 50.3 Å². The van der Waals surface area contributed by atoms with Crippen molar-refractivity contribution in [2.24, 2.45) is 0 Å². The molecule has 0 radical (unpaired) electrons. The number of aryl methyl sites for hydroxylation is 2. The Hall–Kier alpha value is -1.20. The number of nitrogens with one attached hydrogen (secondary N) is 1. The molecule has 1 aromatic heterocycles. The van der Waals surface area contributed by atoms with Crippen LogP contribution in [0.2, 0.25) is 0 Å². The lowest BCUT2D eigenvalue weighted by Crippen LogP contribution is -2.20. The second kappa shape index (κ2) is 7.19. The van der Waals surface area contributed by atoms with Crippen molar-refractivity contribution in [3.05, 3.63) is 17.6 Å². The summed E-state index contributed by atoms with van der Waals surface area (Å²) in [5.41, 5.74) is 0.980. The molecule has 5 heteroatoms. The molecule has 0 aliphatic rings. The van der Waals surface area contributed by atoms with Crippen LogP contribution in [-0.2, 0) is 4.74 Å². The highest BCUT2D eigenvalue weighted by Gasteiger charge is 1.97. The lowest BCUT2D eigenvalue weighted by molar-refractivity contribution is 0.126. The Bertz CT molecular complexity index is 321. The largest absolute Gasteiger partial charge is 0.378 e. The van der Waals surface area contributed by atoms with Gasteiger partial charge in [0, 0.05) is 24.8 Å². The monoisotopic (exact) mass is 238 g/mol. The van der Waals surface area contributed by atoms with Crippen LogP contribution in [0.1, 0.15) is 11.5 Å². The Morgan fingerprint density at radius 1 is 1.24 bits per heavy atom. The first kappa shape index (κ1) is 13.9. The second-order valence-electron chi connectivity index (χ2n) is 4.28. The third kappa shape index (κ3) is 6.19. The Kier molecular flexibility index (Phi) is 5.86. The first-order chi connectivity index (χ1) is 8.08. The van der Waals surface area contributed by atoms with E-state index < -0.39 is 0 Å². The highest BCUT2D eigenvalue weighted by molar-refractivity contribution is 5.35. The van der Waals surface area contributed by atoms with Crippen molar-refractivity contribution < 1.29 is 4.74 Å². The minimum absolute atomic E-state index is 0.690. The average Bonchev–Trinajstić information content (AvgIpc) is 2.21. The quantitative estimate of drug-likeness (QED) is 0.720. The van der Waals surface area contributed by atoms with Gasteiger partial charge in [0.05, 0.1) is 13.2 Å². The maximum atomic E-state index is 5.48. The fourth-order valence-electron chi connectivity index (χ4n) is 1.41. The molecular formula is C12H22N4O. The number of hydrogen-bond donors (Lipinski definition) is 1. The third-order valence-electron chi connectivity index (χ3n) is 2.20. The third-order valence-corrected chi connectivity index (χ3v) is 2.20. The van der Waals surface area contributed by atoms with Crippen LogP contribution in [0.5, 0.6) is 0 Å². The lowest BCUT2D eigenvalue weighted by atomic mass is 10.4. The van der Waals surface area contributed by atoms with Crippen LogP contribution in [0.3, 0.4) is 0 Å². The molecule has 0 aliphatic carbocycles. The zero-order chi connectivity index (χ0) is 12.7. The van der Waals surface area contributed by atoms with Gasteiger partial charge in [-0.2, -0.15) is 0 Å². The van der Waals surface area contributed by atoms with E-state index in [2.05, 4.69) is 20.2 Å². The molecular weight excluding hydrogens is 216 g/mol. The SMILES string of the molecule is Cc1cc(NCCOCCN(C)C)nc(C)n1. The van der Waals surface area contributed by atoms with Crippen LogP contribution >= 0.6 is 0 Å². The Morgan fingerprint density at radius 3 is 2.65 bits per heavy atom. The Morgan fingerprint density at radius 2 is 2.00 bits per heavy atom. The molecule has 1 N–H and O–H groups in total. The molecule has 0 aromatic carbocycles. The maximum absolute atomic E-state index is 5.48. The molecule has 0 atom stereocenters. The van der Waals surface area contributed by atoms with Gasteiger partial charge >= 0.3 is 0 Å². The van der Waals surface area contributed by atoms with E-state index in [4.69, 9.17) is 4.74 Å². The second-order valence-corrected chi connectivity index (χ2v) is 4.28. The van der Waals surface area contributed by atoms with Gasteiger partial charge in [-0.3, -0.25) is 0 Å². The molecule has 5 nitrogen and oxygen atoms in total. The standard InChI is InChI=1S/C12H22N4O/c1-10-9-12(15-11(2)14-10)13-5-7-17-8-6-16(3)4/h9H,5-8H2,1-4H3,(H,13,14,15). The molecule has 0 saturated heterocycles. The number of aromatic nitrogens is 2. The minimum Gasteiger partial charge on any atom is -0.378 e. The smallest absolute Gasteiger partial charge is 0.129 e. The molecule has 0 bridgehead atoms. The number of rotatable bonds is 7. The Balaban J connectivity index is 2.18. The van der Waals surface area contributed by atoms with Crippen LogP contribution in [0, 0.1) is 13.8 Å². The van der Waals surface area contributed by atoms with Gasteiger partial charge < -0.3 is 15.0 Å². The van der Waals surface area contributed by atoms with Gasteiger partial charge in [-0.25, -0.2) is 9.97 Å². The summed E-state index contributed by atoms with van der Waals surface area (Å²) in [5, 5.41) is 3.22. The zero-order valence-corrected chi connectivity index (χ0v) is 11.2. The molecule has 0 aliphatic heterocycles. The van der Waals surface area contributed by atoms with E-state index in [1.54, 1.807) is 0 Å². The van der Waals surface area contributed by atoms with Crippen molar-refractivity contribution in [1.82, 2.24) is 14.9 Å². The minimum atomic E-state index is 0.690. The summed E-state index contributed by atoms with van der Waals surface area (Å²) in [5.74, 6) is 1.66. The Labute approximate surface area is 103 Å². The number of hydrogen-bond acceptors (Lipinski definition) is 5. The molecule has 1 rings (SSSR count). The number of nitrogens with zero attached hydrogens (tertiary/aromatic N) is 3. The number of likely N-dealkylation sites (N-methyl/N-ethyl adjacent to an activating group) is 1. The summed E-state index contributed by atoms with van der Waals surface area (Å²) < 4.78 is 5.48. The zero-order valence-electron chi connectivity index (χ0n) is 11.2. The van der Waals surface area contributed by atoms with E-state index in [1.165, 1.54) is 0 Å². The summed E-state index contributed by atoms with van der Waals surface area (Å²) in [7, 11) is 4.07. The number of anilines is 1. The van der Waals surface area contributed by atoms with Gasteiger partial charge in [-0.05, 0) is 27.9 Å². The van der Waals surface area contributed by atoms with Crippen molar-refractivity contribution in [2.75, 3.05) is 45.7 Å². The fraction of sp³-hybridized carbons (Fsp3) is 0.667. The number of ether oxygens (including phenoxy) is 1. The molecule has 0 saturated carbocycles.